The molecule has 2 rings (SSSR count). The van der Waals surface area contributed by atoms with E-state index in [0.717, 1.165) is 0 Å². The first-order valence-corrected chi connectivity index (χ1v) is 6.18. The maximum absolute atomic E-state index is 12.4. The van der Waals surface area contributed by atoms with Crippen LogP contribution in [0.5, 0.6) is 0 Å². The molecule has 0 aromatic carbocycles. The minimum atomic E-state index is -1.10. The van der Waals surface area contributed by atoms with Gasteiger partial charge in [0.1, 0.15) is 6.04 Å². The van der Waals surface area contributed by atoms with Crippen molar-refractivity contribution in [1.82, 2.24) is 15.1 Å². The van der Waals surface area contributed by atoms with E-state index in [1.165, 1.54) is 9.80 Å². The van der Waals surface area contributed by atoms with Gasteiger partial charge in [-0.05, 0) is 6.92 Å². The summed E-state index contributed by atoms with van der Waals surface area (Å²) in [5, 5.41) is 11.8. The van der Waals surface area contributed by atoms with E-state index < -0.39 is 24.1 Å². The van der Waals surface area contributed by atoms with Crippen molar-refractivity contribution in [1.29, 1.82) is 0 Å². The first-order valence-electron chi connectivity index (χ1n) is 6.18. The average Bonchev–Trinajstić information content (AvgIpc) is 2.41. The lowest BCUT2D eigenvalue weighted by Crippen LogP contribution is -2.63. The number of ether oxygens (including phenoxy) is 1. The van der Waals surface area contributed by atoms with Crippen LogP contribution in [0.25, 0.3) is 0 Å². The zero-order valence-corrected chi connectivity index (χ0v) is 10.7. The van der Waals surface area contributed by atoms with Crippen molar-refractivity contribution in [3.8, 4) is 0 Å². The molecular formula is C11H17N3O5. The molecule has 8 heteroatoms. The summed E-state index contributed by atoms with van der Waals surface area (Å²) in [7, 11) is 0. The zero-order valence-electron chi connectivity index (χ0n) is 10.7. The Bertz CT molecular complexity index is 400. The van der Waals surface area contributed by atoms with Crippen LogP contribution in [0.15, 0.2) is 0 Å². The van der Waals surface area contributed by atoms with Gasteiger partial charge in [0.05, 0.1) is 13.2 Å². The van der Waals surface area contributed by atoms with Crippen molar-refractivity contribution in [2.24, 2.45) is 0 Å². The Kier molecular flexibility index (Phi) is 3.89. The normalized spacial score (nSPS) is 27.9. The van der Waals surface area contributed by atoms with Crippen LogP contribution >= 0.6 is 0 Å². The number of morpholine rings is 1. The van der Waals surface area contributed by atoms with Crippen LogP contribution in [0, 0.1) is 0 Å². The third kappa shape index (κ3) is 2.62. The van der Waals surface area contributed by atoms with Crippen molar-refractivity contribution in [3.05, 3.63) is 0 Å². The molecule has 2 aliphatic rings. The molecule has 2 N–H and O–H groups in total. The lowest BCUT2D eigenvalue weighted by molar-refractivity contribution is -0.147. The van der Waals surface area contributed by atoms with E-state index in [-0.39, 0.29) is 19.1 Å². The molecule has 0 radical (unpaired) electrons. The molecule has 0 bridgehead atoms. The van der Waals surface area contributed by atoms with E-state index in [0.29, 0.717) is 19.7 Å². The molecule has 0 aliphatic carbocycles. The summed E-state index contributed by atoms with van der Waals surface area (Å²) in [5.41, 5.74) is 0. The lowest BCUT2D eigenvalue weighted by atomic mass is 10.2. The number of piperazine rings is 1. The number of urea groups is 1. The van der Waals surface area contributed by atoms with Gasteiger partial charge in [-0.15, -0.1) is 0 Å². The number of aliphatic carboxylic acids is 1. The summed E-state index contributed by atoms with van der Waals surface area (Å²) in [5.74, 6) is -1.32. The van der Waals surface area contributed by atoms with E-state index in [1.807, 2.05) is 0 Å². The number of amides is 3. The molecule has 8 nitrogen and oxygen atoms in total. The Morgan fingerprint density at radius 2 is 2.11 bits per heavy atom. The molecule has 0 spiro atoms. The summed E-state index contributed by atoms with van der Waals surface area (Å²) in [4.78, 5) is 37.7. The minimum Gasteiger partial charge on any atom is -0.480 e. The Morgan fingerprint density at radius 3 is 2.79 bits per heavy atom. The van der Waals surface area contributed by atoms with Crippen molar-refractivity contribution in [3.63, 3.8) is 0 Å². The molecule has 106 valence electrons. The molecule has 2 unspecified atom stereocenters. The zero-order chi connectivity index (χ0) is 14.0. The second-order valence-electron chi connectivity index (χ2n) is 4.57. The second-order valence-corrected chi connectivity index (χ2v) is 4.57. The molecule has 0 aromatic rings. The van der Waals surface area contributed by atoms with Crippen LogP contribution in [-0.2, 0) is 14.3 Å². The van der Waals surface area contributed by atoms with Gasteiger partial charge in [0.25, 0.3) is 0 Å². The number of hydrogen-bond acceptors (Lipinski definition) is 4. The number of hydrogen-bond donors (Lipinski definition) is 2. The number of nitrogens with one attached hydrogen (secondary N) is 1. The van der Waals surface area contributed by atoms with E-state index in [2.05, 4.69) is 5.32 Å². The van der Waals surface area contributed by atoms with Gasteiger partial charge in [-0.3, -0.25) is 4.79 Å². The van der Waals surface area contributed by atoms with Crippen LogP contribution in [0.4, 0.5) is 4.79 Å². The third-order valence-corrected chi connectivity index (χ3v) is 3.40. The fourth-order valence-electron chi connectivity index (χ4n) is 2.25. The van der Waals surface area contributed by atoms with Crippen molar-refractivity contribution >= 4 is 17.9 Å². The predicted octanol–water partition coefficient (Wildman–Crippen LogP) is -1.29. The summed E-state index contributed by atoms with van der Waals surface area (Å²) < 4.78 is 5.09. The molecule has 2 aliphatic heterocycles. The molecule has 2 atom stereocenters. The first kappa shape index (κ1) is 13.6. The fraction of sp³-hybridized carbons (Fsp3) is 0.727. The summed E-state index contributed by atoms with van der Waals surface area (Å²) >= 11 is 0. The smallest absolute Gasteiger partial charge is 0.328 e. The van der Waals surface area contributed by atoms with Gasteiger partial charge in [-0.1, -0.05) is 0 Å². The highest BCUT2D eigenvalue weighted by Gasteiger charge is 2.38. The molecule has 3 amide bonds. The number of nitrogens with zero attached hydrogens (tertiary/aromatic N) is 2. The lowest BCUT2D eigenvalue weighted by Gasteiger charge is -2.40. The molecule has 19 heavy (non-hydrogen) atoms. The Balaban J connectivity index is 2.12. The van der Waals surface area contributed by atoms with Crippen molar-refractivity contribution in [2.45, 2.75) is 19.0 Å². The van der Waals surface area contributed by atoms with Crippen LogP contribution in [0.1, 0.15) is 6.92 Å². The highest BCUT2D eigenvalue weighted by Crippen LogP contribution is 2.14. The summed E-state index contributed by atoms with van der Waals surface area (Å²) in [6.07, 6.45) is 0. The number of carbonyl (C=O) groups excluding carboxylic acids is 2. The van der Waals surface area contributed by atoms with Crippen LogP contribution in [-0.4, -0.2) is 77.7 Å². The van der Waals surface area contributed by atoms with E-state index in [9.17, 15) is 14.4 Å². The predicted molar refractivity (Wildman–Crippen MR) is 63.5 cm³/mol. The molecule has 2 heterocycles. The number of carboxylic acid groups (broad SMARTS) is 1. The average molecular weight is 271 g/mol. The first-order chi connectivity index (χ1) is 9.02. The van der Waals surface area contributed by atoms with Gasteiger partial charge in [0, 0.05) is 19.6 Å². The van der Waals surface area contributed by atoms with Gasteiger partial charge in [0.2, 0.25) is 5.91 Å². The fourth-order valence-corrected chi connectivity index (χ4v) is 2.25. The SMILES string of the molecule is CC1C(=O)NCCN1C(=O)N1CCOCC1C(=O)O. The second kappa shape index (κ2) is 5.43. The molecule has 2 fully saturated rings. The monoisotopic (exact) mass is 271 g/mol. The summed E-state index contributed by atoms with van der Waals surface area (Å²) in [6.45, 7) is 2.91. The highest BCUT2D eigenvalue weighted by molar-refractivity contribution is 5.89. The van der Waals surface area contributed by atoms with E-state index in [4.69, 9.17) is 9.84 Å². The maximum atomic E-state index is 12.4. The van der Waals surface area contributed by atoms with Gasteiger partial charge in [0.15, 0.2) is 6.04 Å². The molecule has 0 aromatic heterocycles. The van der Waals surface area contributed by atoms with Gasteiger partial charge in [-0.2, -0.15) is 0 Å². The number of carboxylic acids is 1. The van der Waals surface area contributed by atoms with Crippen molar-refractivity contribution < 1.29 is 24.2 Å². The topological polar surface area (TPSA) is 99.2 Å². The Hall–Kier alpha value is -1.83. The third-order valence-electron chi connectivity index (χ3n) is 3.40. The number of carbonyl (C=O) groups is 3. The van der Waals surface area contributed by atoms with Gasteiger partial charge >= 0.3 is 12.0 Å². The summed E-state index contributed by atoms with van der Waals surface area (Å²) in [6, 6.07) is -1.99. The number of rotatable bonds is 1. The quantitative estimate of drug-likeness (QED) is 0.618. The van der Waals surface area contributed by atoms with Crippen molar-refractivity contribution in [2.75, 3.05) is 32.8 Å². The van der Waals surface area contributed by atoms with Crippen LogP contribution in [0.3, 0.4) is 0 Å². The maximum Gasteiger partial charge on any atom is 0.328 e. The van der Waals surface area contributed by atoms with E-state index in [1.54, 1.807) is 6.92 Å². The molecule has 0 saturated carbocycles. The van der Waals surface area contributed by atoms with Crippen LogP contribution < -0.4 is 5.32 Å². The molecular weight excluding hydrogens is 254 g/mol. The highest BCUT2D eigenvalue weighted by atomic mass is 16.5. The Labute approximate surface area is 110 Å². The Morgan fingerprint density at radius 1 is 1.37 bits per heavy atom. The van der Waals surface area contributed by atoms with Crippen LogP contribution in [0.2, 0.25) is 0 Å². The van der Waals surface area contributed by atoms with Gasteiger partial charge in [-0.25, -0.2) is 9.59 Å². The minimum absolute atomic E-state index is 0.0184. The van der Waals surface area contributed by atoms with E-state index >= 15 is 0 Å². The molecule has 2 saturated heterocycles. The standard InChI is InChI=1S/C11H17N3O5/c1-7-9(15)12-2-3-13(7)11(18)14-4-5-19-6-8(14)10(16)17/h7-8H,2-6H2,1H3,(H,12,15)(H,16,17). The largest absolute Gasteiger partial charge is 0.480 e. The van der Waals surface area contributed by atoms with Gasteiger partial charge < -0.3 is 25.0 Å².